The minimum atomic E-state index is -1.22. The fraction of sp³-hybridized carbons (Fsp3) is 0.455. The topological polar surface area (TPSA) is 72.7 Å². The van der Waals surface area contributed by atoms with E-state index < -0.39 is 31.2 Å². The summed E-state index contributed by atoms with van der Waals surface area (Å²) in [6.07, 6.45) is 0. The van der Waals surface area contributed by atoms with Gasteiger partial charge in [-0.05, 0) is 12.1 Å². The van der Waals surface area contributed by atoms with Gasteiger partial charge in [-0.25, -0.2) is 4.39 Å². The van der Waals surface area contributed by atoms with Crippen LogP contribution in [-0.4, -0.2) is 40.7 Å². The highest BCUT2D eigenvalue weighted by molar-refractivity contribution is 6.30. The van der Waals surface area contributed by atoms with E-state index in [-0.39, 0.29) is 6.54 Å². The Labute approximate surface area is 104 Å². The molecule has 0 atom stereocenters. The van der Waals surface area contributed by atoms with Crippen LogP contribution in [0.1, 0.15) is 5.56 Å². The summed E-state index contributed by atoms with van der Waals surface area (Å²) in [6, 6.07) is 4.22. The second-order valence-electron chi connectivity index (χ2n) is 3.84. The fourth-order valence-corrected chi connectivity index (χ4v) is 1.42. The van der Waals surface area contributed by atoms with Crippen molar-refractivity contribution in [1.29, 1.82) is 0 Å². The molecule has 0 bridgehead atoms. The highest BCUT2D eigenvalue weighted by Gasteiger charge is 2.27. The monoisotopic (exact) mass is 263 g/mol. The van der Waals surface area contributed by atoms with Crippen LogP contribution < -0.4 is 5.32 Å². The molecule has 1 aromatic carbocycles. The molecule has 0 unspecified atom stereocenters. The van der Waals surface area contributed by atoms with Crippen LogP contribution in [0.25, 0.3) is 0 Å². The normalized spacial score (nSPS) is 11.8. The van der Waals surface area contributed by atoms with Crippen molar-refractivity contribution >= 4 is 11.6 Å². The first kappa shape index (κ1) is 14.3. The molecular weight excluding hydrogens is 249 g/mol. The predicted octanol–water partition coefficient (Wildman–Crippen LogP) is 0.284. The average molecular weight is 264 g/mol. The van der Waals surface area contributed by atoms with Gasteiger partial charge in [0, 0.05) is 17.1 Å². The first-order valence-corrected chi connectivity index (χ1v) is 5.46. The first-order chi connectivity index (χ1) is 8.06. The number of nitrogens with one attached hydrogen (secondary N) is 1. The van der Waals surface area contributed by atoms with Gasteiger partial charge < -0.3 is 20.6 Å². The van der Waals surface area contributed by atoms with E-state index in [0.29, 0.717) is 10.6 Å². The number of hydrogen-bond acceptors (Lipinski definition) is 4. The molecule has 0 spiro atoms. The Bertz CT molecular complexity index is 363. The molecule has 1 aromatic rings. The van der Waals surface area contributed by atoms with Crippen molar-refractivity contribution in [3.05, 3.63) is 34.6 Å². The quantitative estimate of drug-likeness (QED) is 0.595. The second kappa shape index (κ2) is 6.28. The van der Waals surface area contributed by atoms with Crippen molar-refractivity contribution < 1.29 is 19.7 Å². The Kier molecular flexibility index (Phi) is 5.30. The van der Waals surface area contributed by atoms with Gasteiger partial charge in [0.15, 0.2) is 0 Å². The number of aliphatic hydroxyl groups is 3. The molecule has 0 saturated carbocycles. The zero-order valence-corrected chi connectivity index (χ0v) is 9.91. The number of aliphatic hydroxyl groups excluding tert-OH is 3. The van der Waals surface area contributed by atoms with Crippen molar-refractivity contribution in [2.24, 2.45) is 0 Å². The van der Waals surface area contributed by atoms with Gasteiger partial charge in [-0.3, -0.25) is 0 Å². The van der Waals surface area contributed by atoms with Crippen LogP contribution in [-0.2, 0) is 6.54 Å². The largest absolute Gasteiger partial charge is 0.394 e. The highest BCUT2D eigenvalue weighted by atomic mass is 35.5. The van der Waals surface area contributed by atoms with E-state index in [1.807, 2.05) is 0 Å². The van der Waals surface area contributed by atoms with Gasteiger partial charge in [0.05, 0.1) is 25.4 Å². The van der Waals surface area contributed by atoms with Gasteiger partial charge in [0.25, 0.3) is 0 Å². The lowest BCUT2D eigenvalue weighted by atomic mass is 10.0. The fourth-order valence-electron chi connectivity index (χ4n) is 1.27. The van der Waals surface area contributed by atoms with E-state index >= 15 is 0 Å². The highest BCUT2D eigenvalue weighted by Crippen LogP contribution is 2.15. The van der Waals surface area contributed by atoms with Crippen molar-refractivity contribution in [1.82, 2.24) is 5.32 Å². The lowest BCUT2D eigenvalue weighted by Crippen LogP contribution is -2.54. The maximum atomic E-state index is 13.4. The summed E-state index contributed by atoms with van der Waals surface area (Å²) >= 11 is 5.61. The van der Waals surface area contributed by atoms with Crippen LogP contribution >= 0.6 is 11.6 Å². The van der Waals surface area contributed by atoms with Gasteiger partial charge in [-0.15, -0.1) is 0 Å². The van der Waals surface area contributed by atoms with Crippen LogP contribution in [0.4, 0.5) is 4.39 Å². The summed E-state index contributed by atoms with van der Waals surface area (Å²) in [5, 5.41) is 30.2. The Balaban J connectivity index is 2.72. The van der Waals surface area contributed by atoms with Gasteiger partial charge in [0.1, 0.15) is 5.82 Å². The molecule has 4 N–H and O–H groups in total. The molecule has 0 aliphatic carbocycles. The summed E-state index contributed by atoms with van der Waals surface area (Å²) < 4.78 is 13.4. The molecule has 4 nitrogen and oxygen atoms in total. The number of hydrogen-bond donors (Lipinski definition) is 4. The minimum absolute atomic E-state index is 0.0741. The van der Waals surface area contributed by atoms with Crippen LogP contribution in [0.3, 0.4) is 0 Å². The number of rotatable bonds is 6. The molecule has 17 heavy (non-hydrogen) atoms. The van der Waals surface area contributed by atoms with Crippen molar-refractivity contribution in [3.8, 4) is 0 Å². The maximum absolute atomic E-state index is 13.4. The van der Waals surface area contributed by atoms with E-state index in [0.717, 1.165) is 0 Å². The zero-order valence-electron chi connectivity index (χ0n) is 9.16. The third kappa shape index (κ3) is 3.62. The molecule has 0 aliphatic heterocycles. The maximum Gasteiger partial charge on any atom is 0.129 e. The lowest BCUT2D eigenvalue weighted by molar-refractivity contribution is 0.0412. The Hall–Kier alpha value is -0.720. The van der Waals surface area contributed by atoms with Gasteiger partial charge in [-0.2, -0.15) is 0 Å². The summed E-state index contributed by atoms with van der Waals surface area (Å²) in [6.45, 7) is -1.27. The molecule has 6 heteroatoms. The zero-order chi connectivity index (χ0) is 12.9. The third-order valence-corrected chi connectivity index (χ3v) is 2.81. The summed E-state index contributed by atoms with van der Waals surface area (Å²) in [5.41, 5.74) is -0.874. The van der Waals surface area contributed by atoms with Crippen molar-refractivity contribution in [3.63, 3.8) is 0 Å². The van der Waals surface area contributed by atoms with E-state index in [1.165, 1.54) is 12.1 Å². The molecule has 1 rings (SSSR count). The van der Waals surface area contributed by atoms with Gasteiger partial charge in [0.2, 0.25) is 0 Å². The van der Waals surface area contributed by atoms with E-state index in [4.69, 9.17) is 26.9 Å². The summed E-state index contributed by atoms with van der Waals surface area (Å²) in [7, 11) is 0. The van der Waals surface area contributed by atoms with Gasteiger partial charge >= 0.3 is 0 Å². The molecule has 0 heterocycles. The predicted molar refractivity (Wildman–Crippen MR) is 62.2 cm³/mol. The summed E-state index contributed by atoms with van der Waals surface area (Å²) in [5.74, 6) is -0.479. The molecule has 0 fully saturated rings. The molecule has 0 aromatic heterocycles. The molecule has 96 valence electrons. The third-order valence-electron chi connectivity index (χ3n) is 2.58. The number of halogens is 2. The Morgan fingerprint density at radius 1 is 1.18 bits per heavy atom. The van der Waals surface area contributed by atoms with E-state index in [2.05, 4.69) is 5.32 Å². The minimum Gasteiger partial charge on any atom is -0.394 e. The van der Waals surface area contributed by atoms with E-state index in [1.54, 1.807) is 6.07 Å². The SMILES string of the molecule is OCC(CO)(CO)NCc1ccc(Cl)cc1F. The molecule has 0 amide bonds. The molecule has 0 saturated heterocycles. The molecular formula is C11H15ClFNO3. The number of benzene rings is 1. The molecule has 0 aliphatic rings. The van der Waals surface area contributed by atoms with E-state index in [9.17, 15) is 4.39 Å². The lowest BCUT2D eigenvalue weighted by Gasteiger charge is -2.28. The molecule has 0 radical (unpaired) electrons. The van der Waals surface area contributed by atoms with Crippen molar-refractivity contribution in [2.45, 2.75) is 12.1 Å². The standard InChI is InChI=1S/C11H15ClFNO3/c12-9-2-1-8(10(13)3-9)4-14-11(5-15,6-16)7-17/h1-3,14-17H,4-7H2. The smallest absolute Gasteiger partial charge is 0.129 e. The van der Waals surface area contributed by atoms with Gasteiger partial charge in [-0.1, -0.05) is 17.7 Å². The Morgan fingerprint density at radius 3 is 2.24 bits per heavy atom. The first-order valence-electron chi connectivity index (χ1n) is 5.08. The van der Waals surface area contributed by atoms with Crippen LogP contribution in [0.2, 0.25) is 5.02 Å². The Morgan fingerprint density at radius 2 is 1.76 bits per heavy atom. The van der Waals surface area contributed by atoms with Crippen molar-refractivity contribution in [2.75, 3.05) is 19.8 Å². The average Bonchev–Trinajstić information content (AvgIpc) is 2.33. The van der Waals surface area contributed by atoms with Crippen LogP contribution in [0, 0.1) is 5.82 Å². The van der Waals surface area contributed by atoms with Crippen LogP contribution in [0.5, 0.6) is 0 Å². The van der Waals surface area contributed by atoms with Crippen LogP contribution in [0.15, 0.2) is 18.2 Å². The summed E-state index contributed by atoms with van der Waals surface area (Å²) in [4.78, 5) is 0. The second-order valence-corrected chi connectivity index (χ2v) is 4.28.